The average molecular weight is 439 g/mol. The van der Waals surface area contributed by atoms with Crippen LogP contribution in [0.25, 0.3) is 0 Å². The van der Waals surface area contributed by atoms with E-state index in [0.717, 1.165) is 37.1 Å². The molecule has 32 heavy (non-hydrogen) atoms. The summed E-state index contributed by atoms with van der Waals surface area (Å²) >= 11 is 0. The normalized spacial score (nSPS) is 22.2. The Morgan fingerprint density at radius 3 is 2.47 bits per heavy atom. The number of amides is 1. The summed E-state index contributed by atoms with van der Waals surface area (Å²) in [6.07, 6.45) is 1.57. The monoisotopic (exact) mass is 438 g/mol. The molecule has 1 amide bonds. The van der Waals surface area contributed by atoms with Gasteiger partial charge in [-0.05, 0) is 62.5 Å². The fraction of sp³-hybridized carbons (Fsp3) is 0.440. The van der Waals surface area contributed by atoms with Crippen LogP contribution in [0.1, 0.15) is 46.8 Å². The number of aromatic carboxylic acids is 1. The second-order valence-corrected chi connectivity index (χ2v) is 9.19. The van der Waals surface area contributed by atoms with Crippen molar-refractivity contribution in [3.63, 3.8) is 0 Å². The lowest BCUT2D eigenvalue weighted by molar-refractivity contribution is -0.00713. The molecule has 4 rings (SSSR count). The van der Waals surface area contributed by atoms with E-state index in [0.29, 0.717) is 25.2 Å². The zero-order chi connectivity index (χ0) is 22.9. The molecular formula is C25H30N2O5. The van der Waals surface area contributed by atoms with Crippen LogP contribution in [0.2, 0.25) is 0 Å². The molecule has 170 valence electrons. The molecule has 2 aliphatic heterocycles. The van der Waals surface area contributed by atoms with Crippen LogP contribution >= 0.6 is 0 Å². The van der Waals surface area contributed by atoms with E-state index in [1.165, 1.54) is 0 Å². The van der Waals surface area contributed by atoms with Gasteiger partial charge >= 0.3 is 12.1 Å². The molecule has 1 atom stereocenters. The number of hydrogen-bond donors (Lipinski definition) is 2. The fourth-order valence-electron chi connectivity index (χ4n) is 4.95. The average Bonchev–Trinajstić information content (AvgIpc) is 3.05. The molecule has 0 unspecified atom stereocenters. The molecule has 2 N–H and O–H groups in total. The summed E-state index contributed by atoms with van der Waals surface area (Å²) < 4.78 is 5.87. The summed E-state index contributed by atoms with van der Waals surface area (Å²) in [5.41, 5.74) is 1.98. The SMILES string of the molecule is Cc1cc(CN2CCC([C@@]3(C)CN(Cc4ccccc4)C(=O)O3)CC2)cc(C(=O)O)c1O. The number of ether oxygens (including phenoxy) is 1. The Morgan fingerprint density at radius 2 is 1.81 bits per heavy atom. The fourth-order valence-corrected chi connectivity index (χ4v) is 4.95. The van der Waals surface area contributed by atoms with Crippen LogP contribution in [-0.2, 0) is 17.8 Å². The Labute approximate surface area is 188 Å². The highest BCUT2D eigenvalue weighted by atomic mass is 16.6. The topological polar surface area (TPSA) is 90.3 Å². The number of nitrogens with zero attached hydrogens (tertiary/aromatic N) is 2. The third kappa shape index (κ3) is 4.58. The number of phenols is 1. The van der Waals surface area contributed by atoms with Gasteiger partial charge in [-0.25, -0.2) is 9.59 Å². The van der Waals surface area contributed by atoms with Gasteiger partial charge in [0.15, 0.2) is 0 Å². The minimum absolute atomic E-state index is 0.0567. The van der Waals surface area contributed by atoms with E-state index in [9.17, 15) is 19.8 Å². The summed E-state index contributed by atoms with van der Waals surface area (Å²) in [5.74, 6) is -1.02. The minimum atomic E-state index is -1.12. The molecule has 2 aliphatic rings. The van der Waals surface area contributed by atoms with Crippen molar-refractivity contribution in [2.75, 3.05) is 19.6 Å². The molecule has 0 saturated carbocycles. The van der Waals surface area contributed by atoms with E-state index in [4.69, 9.17) is 4.74 Å². The first-order chi connectivity index (χ1) is 15.2. The first-order valence-electron chi connectivity index (χ1n) is 11.0. The summed E-state index contributed by atoms with van der Waals surface area (Å²) in [5, 5.41) is 19.3. The van der Waals surface area contributed by atoms with Crippen molar-refractivity contribution >= 4 is 12.1 Å². The number of aryl methyl sites for hydroxylation is 1. The van der Waals surface area contributed by atoms with Crippen LogP contribution < -0.4 is 0 Å². The third-order valence-corrected chi connectivity index (χ3v) is 6.75. The Kier molecular flexibility index (Phi) is 6.11. The lowest BCUT2D eigenvalue weighted by Crippen LogP contribution is -2.45. The molecule has 2 aromatic rings. The van der Waals surface area contributed by atoms with Gasteiger partial charge in [0.2, 0.25) is 0 Å². The smallest absolute Gasteiger partial charge is 0.410 e. The van der Waals surface area contributed by atoms with Crippen molar-refractivity contribution in [1.82, 2.24) is 9.80 Å². The number of cyclic esters (lactones) is 1. The van der Waals surface area contributed by atoms with E-state index >= 15 is 0 Å². The number of aromatic hydroxyl groups is 1. The zero-order valence-electron chi connectivity index (χ0n) is 18.6. The van der Waals surface area contributed by atoms with Crippen molar-refractivity contribution < 1.29 is 24.5 Å². The molecule has 0 spiro atoms. The Bertz CT molecular complexity index is 1000. The largest absolute Gasteiger partial charge is 0.507 e. The lowest BCUT2D eigenvalue weighted by Gasteiger charge is -2.39. The molecular weight excluding hydrogens is 408 g/mol. The Hall–Kier alpha value is -3.06. The van der Waals surface area contributed by atoms with E-state index in [2.05, 4.69) is 4.90 Å². The number of carbonyl (C=O) groups excluding carboxylic acids is 1. The van der Waals surface area contributed by atoms with Crippen molar-refractivity contribution in [1.29, 1.82) is 0 Å². The van der Waals surface area contributed by atoms with E-state index in [-0.39, 0.29) is 23.3 Å². The van der Waals surface area contributed by atoms with E-state index in [1.54, 1.807) is 17.9 Å². The highest BCUT2D eigenvalue weighted by Gasteiger charge is 2.47. The van der Waals surface area contributed by atoms with Crippen LogP contribution in [0, 0.1) is 12.8 Å². The highest BCUT2D eigenvalue weighted by Crippen LogP contribution is 2.37. The molecule has 7 nitrogen and oxygen atoms in total. The van der Waals surface area contributed by atoms with Gasteiger partial charge in [-0.1, -0.05) is 36.4 Å². The van der Waals surface area contributed by atoms with Gasteiger partial charge < -0.3 is 14.9 Å². The molecule has 2 aromatic carbocycles. The van der Waals surface area contributed by atoms with E-state index < -0.39 is 11.6 Å². The van der Waals surface area contributed by atoms with Gasteiger partial charge in [0.25, 0.3) is 0 Å². The van der Waals surface area contributed by atoms with Gasteiger partial charge in [-0.15, -0.1) is 0 Å². The number of benzene rings is 2. The Morgan fingerprint density at radius 1 is 1.12 bits per heavy atom. The number of rotatable bonds is 6. The number of hydrogen-bond acceptors (Lipinski definition) is 5. The van der Waals surface area contributed by atoms with Crippen LogP contribution in [0.15, 0.2) is 42.5 Å². The number of carbonyl (C=O) groups is 2. The minimum Gasteiger partial charge on any atom is -0.507 e. The van der Waals surface area contributed by atoms with Crippen LogP contribution in [-0.4, -0.2) is 57.3 Å². The molecule has 0 aliphatic carbocycles. The van der Waals surface area contributed by atoms with Crippen LogP contribution in [0.5, 0.6) is 5.75 Å². The van der Waals surface area contributed by atoms with Gasteiger partial charge in [0.05, 0.1) is 6.54 Å². The standard InChI is InChI=1S/C25H30N2O5/c1-17-12-19(13-21(22(17)28)23(29)30)14-26-10-8-20(9-11-26)25(2)16-27(24(31)32-25)15-18-6-4-3-5-7-18/h3-7,12-13,20,28H,8-11,14-16H2,1-2H3,(H,29,30)/t25-/m1/s1. The predicted molar refractivity (Wildman–Crippen MR) is 120 cm³/mol. The van der Waals surface area contributed by atoms with Crippen molar-refractivity contribution in [2.45, 2.75) is 45.4 Å². The van der Waals surface area contributed by atoms with Gasteiger partial charge in [0, 0.05) is 19.0 Å². The summed E-state index contributed by atoms with van der Waals surface area (Å²) in [7, 11) is 0. The molecule has 7 heteroatoms. The highest BCUT2D eigenvalue weighted by molar-refractivity contribution is 5.91. The van der Waals surface area contributed by atoms with Crippen LogP contribution in [0.3, 0.4) is 0 Å². The van der Waals surface area contributed by atoms with Crippen molar-refractivity contribution in [2.24, 2.45) is 5.92 Å². The molecule has 0 radical (unpaired) electrons. The second kappa shape index (κ2) is 8.82. The molecule has 2 fully saturated rings. The maximum atomic E-state index is 12.5. The Balaban J connectivity index is 1.36. The number of likely N-dealkylation sites (tertiary alicyclic amines) is 1. The van der Waals surface area contributed by atoms with E-state index in [1.807, 2.05) is 43.3 Å². The maximum absolute atomic E-state index is 12.5. The van der Waals surface area contributed by atoms with Crippen LogP contribution in [0.4, 0.5) is 4.79 Å². The zero-order valence-corrected chi connectivity index (χ0v) is 18.6. The number of carboxylic acids is 1. The second-order valence-electron chi connectivity index (χ2n) is 9.19. The summed E-state index contributed by atoms with van der Waals surface area (Å²) in [6, 6.07) is 13.3. The molecule has 2 saturated heterocycles. The van der Waals surface area contributed by atoms with Gasteiger partial charge in [-0.2, -0.15) is 0 Å². The lowest BCUT2D eigenvalue weighted by atomic mass is 9.81. The first kappa shape index (κ1) is 22.1. The number of piperidine rings is 1. The van der Waals surface area contributed by atoms with Gasteiger partial charge in [-0.3, -0.25) is 9.80 Å². The third-order valence-electron chi connectivity index (χ3n) is 6.75. The first-order valence-corrected chi connectivity index (χ1v) is 11.0. The number of carboxylic acid groups (broad SMARTS) is 1. The molecule has 2 heterocycles. The maximum Gasteiger partial charge on any atom is 0.410 e. The van der Waals surface area contributed by atoms with Crippen molar-refractivity contribution in [3.05, 3.63) is 64.7 Å². The summed E-state index contributed by atoms with van der Waals surface area (Å²) in [4.78, 5) is 28.0. The summed E-state index contributed by atoms with van der Waals surface area (Å²) in [6.45, 7) is 7.22. The quantitative estimate of drug-likeness (QED) is 0.708. The predicted octanol–water partition coefficient (Wildman–Crippen LogP) is 4.02. The molecule has 0 bridgehead atoms. The molecule has 0 aromatic heterocycles. The van der Waals surface area contributed by atoms with Gasteiger partial charge in [0.1, 0.15) is 16.9 Å². The van der Waals surface area contributed by atoms with Crippen molar-refractivity contribution in [3.8, 4) is 5.75 Å².